The second-order valence-electron chi connectivity index (χ2n) is 6.93. The quantitative estimate of drug-likeness (QED) is 0.604. The fourth-order valence-corrected chi connectivity index (χ4v) is 2.92. The zero-order valence-electron chi connectivity index (χ0n) is 16.0. The van der Waals surface area contributed by atoms with Crippen LogP contribution in [0.1, 0.15) is 30.9 Å². The van der Waals surface area contributed by atoms with E-state index in [4.69, 9.17) is 4.74 Å². The summed E-state index contributed by atoms with van der Waals surface area (Å²) in [6.45, 7) is 6.25. The van der Waals surface area contributed by atoms with Gasteiger partial charge in [-0.15, -0.1) is 0 Å². The summed E-state index contributed by atoms with van der Waals surface area (Å²) in [5.41, 5.74) is 5.06. The van der Waals surface area contributed by atoms with Crippen LogP contribution in [0.2, 0.25) is 0 Å². The van der Waals surface area contributed by atoms with Gasteiger partial charge in [-0.05, 0) is 41.7 Å². The zero-order chi connectivity index (χ0) is 19.2. The standard InChI is InChI=1S/C24H25NO2/c1-17(2)20-14-13-18(3)23(15-20)27-16-24(26)25-22-12-8-7-11-21(22)19-9-5-4-6-10-19/h4-15,17H,16H2,1-3H3,(H,25,26). The number of hydrogen-bond acceptors (Lipinski definition) is 2. The molecule has 0 saturated heterocycles. The molecule has 138 valence electrons. The van der Waals surface area contributed by atoms with Crippen LogP contribution in [-0.4, -0.2) is 12.5 Å². The lowest BCUT2D eigenvalue weighted by atomic mass is 10.0. The number of anilines is 1. The van der Waals surface area contributed by atoms with Crippen molar-refractivity contribution < 1.29 is 9.53 Å². The van der Waals surface area contributed by atoms with Crippen molar-refractivity contribution in [1.82, 2.24) is 0 Å². The first-order chi connectivity index (χ1) is 13.0. The highest BCUT2D eigenvalue weighted by Gasteiger charge is 2.10. The lowest BCUT2D eigenvalue weighted by Crippen LogP contribution is -2.20. The summed E-state index contributed by atoms with van der Waals surface area (Å²) >= 11 is 0. The monoisotopic (exact) mass is 359 g/mol. The summed E-state index contributed by atoms with van der Waals surface area (Å²) in [5.74, 6) is 1.000. The maximum atomic E-state index is 12.5. The second kappa shape index (κ2) is 8.54. The molecule has 0 atom stereocenters. The van der Waals surface area contributed by atoms with Crippen molar-refractivity contribution in [2.75, 3.05) is 11.9 Å². The maximum absolute atomic E-state index is 12.5. The summed E-state index contributed by atoms with van der Waals surface area (Å²) < 4.78 is 5.80. The smallest absolute Gasteiger partial charge is 0.262 e. The molecule has 0 fully saturated rings. The van der Waals surface area contributed by atoms with Gasteiger partial charge < -0.3 is 10.1 Å². The Labute approximate surface area is 161 Å². The van der Waals surface area contributed by atoms with Crippen molar-refractivity contribution in [3.63, 3.8) is 0 Å². The van der Waals surface area contributed by atoms with Gasteiger partial charge in [-0.2, -0.15) is 0 Å². The van der Waals surface area contributed by atoms with Crippen molar-refractivity contribution in [3.05, 3.63) is 83.9 Å². The van der Waals surface area contributed by atoms with Crippen molar-refractivity contribution >= 4 is 11.6 Å². The Morgan fingerprint density at radius 2 is 1.67 bits per heavy atom. The van der Waals surface area contributed by atoms with Gasteiger partial charge in [0.25, 0.3) is 5.91 Å². The molecule has 0 unspecified atom stereocenters. The lowest BCUT2D eigenvalue weighted by molar-refractivity contribution is -0.118. The van der Waals surface area contributed by atoms with Crippen LogP contribution in [0.15, 0.2) is 72.8 Å². The number of ether oxygens (including phenoxy) is 1. The average Bonchev–Trinajstić information content (AvgIpc) is 2.68. The molecule has 1 amide bonds. The Bertz CT molecular complexity index is 917. The van der Waals surface area contributed by atoms with Gasteiger partial charge in [-0.3, -0.25) is 4.79 Å². The Morgan fingerprint density at radius 3 is 2.41 bits per heavy atom. The van der Waals surface area contributed by atoms with Crippen LogP contribution in [0.5, 0.6) is 5.75 Å². The molecular weight excluding hydrogens is 334 g/mol. The third-order valence-corrected chi connectivity index (χ3v) is 4.52. The normalized spacial score (nSPS) is 10.7. The number of aryl methyl sites for hydroxylation is 1. The minimum Gasteiger partial charge on any atom is -0.483 e. The minimum atomic E-state index is -0.173. The molecule has 0 aromatic heterocycles. The van der Waals surface area contributed by atoms with Crippen LogP contribution < -0.4 is 10.1 Å². The van der Waals surface area contributed by atoms with E-state index in [2.05, 4.69) is 25.2 Å². The van der Waals surface area contributed by atoms with Gasteiger partial charge in [0, 0.05) is 11.3 Å². The van der Waals surface area contributed by atoms with E-state index in [1.165, 1.54) is 5.56 Å². The van der Waals surface area contributed by atoms with Crippen molar-refractivity contribution in [2.24, 2.45) is 0 Å². The highest BCUT2D eigenvalue weighted by atomic mass is 16.5. The molecule has 0 aliphatic heterocycles. The van der Waals surface area contributed by atoms with E-state index in [0.29, 0.717) is 5.92 Å². The summed E-state index contributed by atoms with van der Waals surface area (Å²) in [7, 11) is 0. The number of benzene rings is 3. The minimum absolute atomic E-state index is 0.0223. The molecular formula is C24H25NO2. The van der Waals surface area contributed by atoms with Gasteiger partial charge in [-0.25, -0.2) is 0 Å². The molecule has 27 heavy (non-hydrogen) atoms. The first kappa shape index (κ1) is 18.7. The molecule has 0 aliphatic rings. The Balaban J connectivity index is 1.70. The van der Waals surface area contributed by atoms with E-state index < -0.39 is 0 Å². The predicted octanol–water partition coefficient (Wildman–Crippen LogP) is 5.80. The fraction of sp³-hybridized carbons (Fsp3) is 0.208. The highest BCUT2D eigenvalue weighted by Crippen LogP contribution is 2.28. The van der Waals surface area contributed by atoms with Crippen molar-refractivity contribution in [3.8, 4) is 16.9 Å². The zero-order valence-corrected chi connectivity index (χ0v) is 16.0. The largest absolute Gasteiger partial charge is 0.483 e. The van der Waals surface area contributed by atoms with Crippen molar-refractivity contribution in [2.45, 2.75) is 26.7 Å². The first-order valence-electron chi connectivity index (χ1n) is 9.22. The van der Waals surface area contributed by atoms with Crippen LogP contribution >= 0.6 is 0 Å². The fourth-order valence-electron chi connectivity index (χ4n) is 2.92. The molecule has 0 radical (unpaired) electrons. The molecule has 0 aliphatic carbocycles. The molecule has 1 N–H and O–H groups in total. The highest BCUT2D eigenvalue weighted by molar-refractivity contribution is 5.96. The second-order valence-corrected chi connectivity index (χ2v) is 6.93. The molecule has 3 aromatic rings. The van der Waals surface area contributed by atoms with E-state index in [1.54, 1.807) is 0 Å². The Morgan fingerprint density at radius 1 is 0.963 bits per heavy atom. The van der Waals surface area contributed by atoms with Crippen LogP contribution in [0.3, 0.4) is 0 Å². The SMILES string of the molecule is Cc1ccc(C(C)C)cc1OCC(=O)Nc1ccccc1-c1ccccc1. The number of nitrogens with one attached hydrogen (secondary N) is 1. The third kappa shape index (κ3) is 4.76. The van der Waals surface area contributed by atoms with Gasteiger partial charge in [0.05, 0.1) is 0 Å². The number of para-hydroxylation sites is 1. The van der Waals surface area contributed by atoms with Crippen molar-refractivity contribution in [1.29, 1.82) is 0 Å². The topological polar surface area (TPSA) is 38.3 Å². The lowest BCUT2D eigenvalue weighted by Gasteiger charge is -2.14. The van der Waals surface area contributed by atoms with Gasteiger partial charge >= 0.3 is 0 Å². The number of carbonyl (C=O) groups is 1. The molecule has 0 spiro atoms. The third-order valence-electron chi connectivity index (χ3n) is 4.52. The molecule has 0 heterocycles. The van der Waals surface area contributed by atoms with Crippen LogP contribution in [0.25, 0.3) is 11.1 Å². The van der Waals surface area contributed by atoms with E-state index in [-0.39, 0.29) is 12.5 Å². The van der Waals surface area contributed by atoms with Crippen LogP contribution in [0.4, 0.5) is 5.69 Å². The number of amides is 1. The molecule has 0 bridgehead atoms. The maximum Gasteiger partial charge on any atom is 0.262 e. The van der Waals surface area contributed by atoms with E-state index >= 15 is 0 Å². The summed E-state index contributed by atoms with van der Waals surface area (Å²) in [5, 5.41) is 2.97. The number of hydrogen-bond donors (Lipinski definition) is 1. The predicted molar refractivity (Wildman–Crippen MR) is 111 cm³/mol. The molecule has 3 aromatic carbocycles. The van der Waals surface area contributed by atoms with E-state index in [1.807, 2.05) is 73.7 Å². The van der Waals surface area contributed by atoms with Gasteiger partial charge in [0.2, 0.25) is 0 Å². The molecule has 0 saturated carbocycles. The number of rotatable bonds is 6. The Kier molecular flexibility index (Phi) is 5.92. The van der Waals surface area contributed by atoms with Gasteiger partial charge in [0.1, 0.15) is 5.75 Å². The number of carbonyl (C=O) groups excluding carboxylic acids is 1. The Hall–Kier alpha value is -3.07. The molecule has 3 heteroatoms. The summed E-state index contributed by atoms with van der Waals surface area (Å²) in [4.78, 5) is 12.5. The van der Waals surface area contributed by atoms with Gasteiger partial charge in [-0.1, -0.05) is 74.5 Å². The van der Waals surface area contributed by atoms with Crippen LogP contribution in [-0.2, 0) is 4.79 Å². The summed E-state index contributed by atoms with van der Waals surface area (Å²) in [6, 6.07) is 24.0. The van der Waals surface area contributed by atoms with E-state index in [0.717, 1.165) is 28.1 Å². The van der Waals surface area contributed by atoms with E-state index in [9.17, 15) is 4.79 Å². The summed E-state index contributed by atoms with van der Waals surface area (Å²) in [6.07, 6.45) is 0. The van der Waals surface area contributed by atoms with Gasteiger partial charge in [0.15, 0.2) is 6.61 Å². The first-order valence-corrected chi connectivity index (χ1v) is 9.22. The molecule has 3 rings (SSSR count). The molecule has 3 nitrogen and oxygen atoms in total. The van der Waals surface area contributed by atoms with Crippen LogP contribution in [0, 0.1) is 6.92 Å². The average molecular weight is 359 g/mol.